The van der Waals surface area contributed by atoms with Gasteiger partial charge in [-0.25, -0.2) is 0 Å². The Kier molecular flexibility index (Phi) is 6.71. The van der Waals surface area contributed by atoms with Crippen LogP contribution in [0.4, 0.5) is 0 Å². The number of aliphatic imine (C=N–C) groups is 1. The number of benzene rings is 1. The van der Waals surface area contributed by atoms with Gasteiger partial charge in [0.05, 0.1) is 18.3 Å². The molecule has 1 atom stereocenters. The minimum Gasteiger partial charge on any atom is -0.481 e. The van der Waals surface area contributed by atoms with E-state index in [4.69, 9.17) is 9.73 Å². The van der Waals surface area contributed by atoms with E-state index in [1.165, 1.54) is 0 Å². The summed E-state index contributed by atoms with van der Waals surface area (Å²) in [7, 11) is 0. The fourth-order valence-electron chi connectivity index (χ4n) is 4.62. The third kappa shape index (κ3) is 5.26. The number of hydrogen-bond acceptors (Lipinski definition) is 8. The number of aryl methyl sites for hydroxylation is 2. The first-order valence-electron chi connectivity index (χ1n) is 12.6. The second-order valence-corrected chi connectivity index (χ2v) is 11.8. The Balaban J connectivity index is 1.50. The quantitative estimate of drug-likeness (QED) is 0.344. The number of fused-ring (bicyclic) bond motifs is 3. The summed E-state index contributed by atoms with van der Waals surface area (Å²) in [4.78, 5) is 30.1. The van der Waals surface area contributed by atoms with Crippen LogP contribution in [-0.2, 0) is 20.9 Å². The Hall–Kier alpha value is -4.12. The molecule has 5 rings (SSSR count). The van der Waals surface area contributed by atoms with Gasteiger partial charge in [-0.1, -0.05) is 24.3 Å². The maximum Gasteiger partial charge on any atom is 0.328 e. The van der Waals surface area contributed by atoms with Crippen molar-refractivity contribution in [1.82, 2.24) is 24.5 Å². The van der Waals surface area contributed by atoms with Gasteiger partial charge in [0.2, 0.25) is 0 Å². The van der Waals surface area contributed by atoms with E-state index >= 15 is 0 Å². The first-order valence-corrected chi connectivity index (χ1v) is 13.4. The number of carbonyl (C=O) groups excluding carboxylic acids is 1. The van der Waals surface area contributed by atoms with Gasteiger partial charge in [-0.15, -0.1) is 21.5 Å². The van der Waals surface area contributed by atoms with E-state index in [0.29, 0.717) is 11.6 Å². The molecule has 1 aliphatic heterocycles. The molecule has 1 aliphatic rings. The number of aliphatic carboxylic acids is 1. The van der Waals surface area contributed by atoms with Crippen LogP contribution >= 0.6 is 11.3 Å². The largest absolute Gasteiger partial charge is 0.481 e. The van der Waals surface area contributed by atoms with Gasteiger partial charge < -0.3 is 9.84 Å². The first-order chi connectivity index (χ1) is 18.4. The van der Waals surface area contributed by atoms with Crippen molar-refractivity contribution in [3.8, 4) is 16.1 Å². The Morgan fingerprint density at radius 1 is 1.05 bits per heavy atom. The molecular formula is C28H30N6O4S. The minimum atomic E-state index is -0.952. The maximum atomic E-state index is 12.2. The molecule has 0 bridgehead atoms. The molecule has 11 heteroatoms. The predicted molar refractivity (Wildman–Crippen MR) is 148 cm³/mol. The molecule has 0 unspecified atom stereocenters. The summed E-state index contributed by atoms with van der Waals surface area (Å²) in [6.07, 6.45) is 3.33. The standard InChI is InChI=1S/C28H30N6O4S/c1-15-16(2)39-27-24(15)25(30-21(11-22(35)36)26-32-31-17(3)34(26)27)19-9-7-18(8-10-19)20-12-29-33(13-20)14-23(37)38-28(4,5)6/h7-10,12-13,21H,11,14H2,1-6H3,(H,35,36)/t21-/m0/s1. The van der Waals surface area contributed by atoms with Gasteiger partial charge >= 0.3 is 11.9 Å². The van der Waals surface area contributed by atoms with Gasteiger partial charge in [0.25, 0.3) is 0 Å². The monoisotopic (exact) mass is 546 g/mol. The van der Waals surface area contributed by atoms with Crippen LogP contribution in [0.3, 0.4) is 0 Å². The van der Waals surface area contributed by atoms with Crippen molar-refractivity contribution in [2.75, 3.05) is 0 Å². The van der Waals surface area contributed by atoms with Crippen molar-refractivity contribution in [3.05, 3.63) is 69.9 Å². The molecule has 39 heavy (non-hydrogen) atoms. The lowest BCUT2D eigenvalue weighted by molar-refractivity contribution is -0.155. The second-order valence-electron chi connectivity index (χ2n) is 10.6. The number of rotatable bonds is 6. The van der Waals surface area contributed by atoms with E-state index in [0.717, 1.165) is 43.4 Å². The van der Waals surface area contributed by atoms with Crippen molar-refractivity contribution >= 4 is 29.0 Å². The number of thiophene rings is 1. The SMILES string of the molecule is Cc1sc2c(c1C)C(c1ccc(-c3cnn(CC(=O)OC(C)(C)C)c3)cc1)=N[C@@H](CC(=O)O)c1nnc(C)n1-2. The number of carbonyl (C=O) groups is 2. The Morgan fingerprint density at radius 3 is 2.41 bits per heavy atom. The zero-order chi connectivity index (χ0) is 28.1. The van der Waals surface area contributed by atoms with E-state index in [1.807, 2.05) is 62.7 Å². The van der Waals surface area contributed by atoms with Gasteiger partial charge in [-0.2, -0.15) is 5.10 Å². The lowest BCUT2D eigenvalue weighted by Gasteiger charge is -2.19. The Labute approximate surface area is 230 Å². The van der Waals surface area contributed by atoms with Crippen LogP contribution in [0.1, 0.15) is 66.5 Å². The average molecular weight is 547 g/mol. The Morgan fingerprint density at radius 2 is 1.74 bits per heavy atom. The lowest BCUT2D eigenvalue weighted by atomic mass is 9.97. The summed E-state index contributed by atoms with van der Waals surface area (Å²) in [6.45, 7) is 11.5. The lowest BCUT2D eigenvalue weighted by Crippen LogP contribution is -2.26. The van der Waals surface area contributed by atoms with E-state index in [2.05, 4.69) is 29.1 Å². The number of carboxylic acid groups (broad SMARTS) is 1. The van der Waals surface area contributed by atoms with Crippen molar-refractivity contribution < 1.29 is 19.4 Å². The molecule has 4 aromatic rings. The molecule has 1 aromatic carbocycles. The van der Waals surface area contributed by atoms with Crippen LogP contribution < -0.4 is 0 Å². The van der Waals surface area contributed by atoms with Crippen LogP contribution in [-0.4, -0.2) is 52.9 Å². The van der Waals surface area contributed by atoms with E-state index < -0.39 is 17.6 Å². The molecule has 4 heterocycles. The Bertz CT molecular complexity index is 1600. The van der Waals surface area contributed by atoms with E-state index in [1.54, 1.807) is 22.2 Å². The molecule has 0 aliphatic carbocycles. The molecule has 0 amide bonds. The molecule has 202 valence electrons. The van der Waals surface area contributed by atoms with Crippen LogP contribution in [0.15, 0.2) is 41.7 Å². The van der Waals surface area contributed by atoms with Crippen LogP contribution in [0, 0.1) is 20.8 Å². The average Bonchev–Trinajstić information content (AvgIpc) is 3.51. The normalized spacial score (nSPS) is 14.8. The summed E-state index contributed by atoms with van der Waals surface area (Å²) < 4.78 is 8.89. The number of hydrogen-bond donors (Lipinski definition) is 1. The van der Waals surface area contributed by atoms with Crippen LogP contribution in [0.25, 0.3) is 16.1 Å². The molecule has 0 spiro atoms. The van der Waals surface area contributed by atoms with Crippen molar-refractivity contribution in [2.45, 2.75) is 66.2 Å². The van der Waals surface area contributed by atoms with Crippen LogP contribution in [0.2, 0.25) is 0 Å². The molecule has 0 fully saturated rings. The molecule has 3 aromatic heterocycles. The second kappa shape index (κ2) is 9.88. The summed E-state index contributed by atoms with van der Waals surface area (Å²) in [5.41, 5.74) is 4.89. The predicted octanol–water partition coefficient (Wildman–Crippen LogP) is 4.83. The smallest absolute Gasteiger partial charge is 0.328 e. The molecule has 0 saturated heterocycles. The number of esters is 1. The van der Waals surface area contributed by atoms with Crippen molar-refractivity contribution in [2.24, 2.45) is 4.99 Å². The number of ether oxygens (including phenoxy) is 1. The zero-order valence-corrected chi connectivity index (χ0v) is 23.5. The van der Waals surface area contributed by atoms with Gasteiger partial charge in [-0.05, 0) is 52.7 Å². The van der Waals surface area contributed by atoms with Gasteiger partial charge in [-0.3, -0.25) is 23.8 Å². The highest BCUT2D eigenvalue weighted by atomic mass is 32.1. The van der Waals surface area contributed by atoms with Crippen molar-refractivity contribution in [1.29, 1.82) is 0 Å². The summed E-state index contributed by atoms with van der Waals surface area (Å²) in [6, 6.07) is 7.23. The molecule has 0 radical (unpaired) electrons. The number of nitrogens with zero attached hydrogens (tertiary/aromatic N) is 6. The third-order valence-electron chi connectivity index (χ3n) is 6.44. The molecule has 0 saturated carbocycles. The first kappa shape index (κ1) is 26.5. The van der Waals surface area contributed by atoms with Gasteiger partial charge in [0, 0.05) is 27.8 Å². The van der Waals surface area contributed by atoms with Gasteiger partial charge in [0.1, 0.15) is 29.0 Å². The summed E-state index contributed by atoms with van der Waals surface area (Å²) >= 11 is 1.63. The number of aromatic nitrogens is 5. The molecule has 10 nitrogen and oxygen atoms in total. The fraction of sp³-hybridized carbons (Fsp3) is 0.357. The number of carboxylic acids is 1. The van der Waals surface area contributed by atoms with Gasteiger partial charge in [0.15, 0.2) is 5.82 Å². The third-order valence-corrected chi connectivity index (χ3v) is 7.64. The van der Waals surface area contributed by atoms with Crippen LogP contribution in [0.5, 0.6) is 0 Å². The highest BCUT2D eigenvalue weighted by Crippen LogP contribution is 2.39. The molecule has 1 N–H and O–H groups in total. The summed E-state index contributed by atoms with van der Waals surface area (Å²) in [5, 5.41) is 23.4. The maximum absolute atomic E-state index is 12.2. The minimum absolute atomic E-state index is 0.0276. The highest BCUT2D eigenvalue weighted by Gasteiger charge is 2.32. The topological polar surface area (TPSA) is 124 Å². The zero-order valence-electron chi connectivity index (χ0n) is 22.7. The van der Waals surface area contributed by atoms with Crippen molar-refractivity contribution in [3.63, 3.8) is 0 Å². The summed E-state index contributed by atoms with van der Waals surface area (Å²) in [5.74, 6) is -0.0795. The van der Waals surface area contributed by atoms with E-state index in [9.17, 15) is 14.7 Å². The fourth-order valence-corrected chi connectivity index (χ4v) is 5.83. The molecular weight excluding hydrogens is 516 g/mol. The van der Waals surface area contributed by atoms with E-state index in [-0.39, 0.29) is 18.9 Å². The highest BCUT2D eigenvalue weighted by molar-refractivity contribution is 7.15.